The smallest absolute Gasteiger partial charge is 0.429 e. The van der Waals surface area contributed by atoms with Gasteiger partial charge in [-0.3, -0.25) is 0 Å². The number of rotatable bonds is 7. The minimum atomic E-state index is -5.55. The van der Waals surface area contributed by atoms with Gasteiger partial charge in [-0.2, -0.15) is 8.78 Å². The Morgan fingerprint density at radius 1 is 0.560 bits per heavy atom. The van der Waals surface area contributed by atoms with Gasteiger partial charge in [0.05, 0.1) is 11.1 Å². The Hall–Kier alpha value is -5.57. The van der Waals surface area contributed by atoms with Gasteiger partial charge in [-0.05, 0) is 61.7 Å². The van der Waals surface area contributed by atoms with Crippen LogP contribution in [0.5, 0.6) is 11.5 Å². The molecule has 0 bridgehead atoms. The van der Waals surface area contributed by atoms with Crippen molar-refractivity contribution in [1.82, 2.24) is 0 Å². The van der Waals surface area contributed by atoms with Crippen LogP contribution in [0.25, 0.3) is 0 Å². The van der Waals surface area contributed by atoms with Gasteiger partial charge in [0, 0.05) is 23.3 Å². The van der Waals surface area contributed by atoms with E-state index in [0.29, 0.717) is 30.5 Å². The van der Waals surface area contributed by atoms with Gasteiger partial charge < -0.3 is 9.47 Å². The predicted octanol–water partition coefficient (Wildman–Crippen LogP) is 10.1. The lowest BCUT2D eigenvalue weighted by molar-refractivity contribution is -0.276. The van der Waals surface area contributed by atoms with Crippen molar-refractivity contribution >= 4 is 0 Å². The van der Waals surface area contributed by atoms with Crippen LogP contribution in [0.1, 0.15) is 46.7 Å². The number of alkyl halides is 5. The first-order valence-electron chi connectivity index (χ1n) is 13.8. The summed E-state index contributed by atoms with van der Waals surface area (Å²) in [6.45, 7) is 1.78. The first kappa shape index (κ1) is 37.3. The summed E-state index contributed by atoms with van der Waals surface area (Å²) in [5.74, 6) is -8.28. The SMILES string of the molecule is C/C=C/CCc1cc(F)c(C#Cc2cc(F)c(C#Cc3cc(F)c(C(F)(F)Oc4cc(F)c(OC(F)(F)F)c(F)c4)c(F)c3)c(F)c2)c(F)c1. The molecule has 0 aliphatic carbocycles. The maximum absolute atomic E-state index is 14.7. The molecular weight excluding hydrogens is 699 g/mol. The lowest BCUT2D eigenvalue weighted by Crippen LogP contribution is -2.25. The summed E-state index contributed by atoms with van der Waals surface area (Å²) in [7, 11) is 0. The van der Waals surface area contributed by atoms with Crippen molar-refractivity contribution < 1.29 is 66.5 Å². The number of aryl methyl sites for hydroxylation is 1. The van der Waals surface area contributed by atoms with E-state index in [0.717, 1.165) is 12.1 Å². The van der Waals surface area contributed by atoms with E-state index < -0.39 is 92.8 Å². The Morgan fingerprint density at radius 3 is 1.44 bits per heavy atom. The van der Waals surface area contributed by atoms with E-state index >= 15 is 0 Å². The summed E-state index contributed by atoms with van der Waals surface area (Å²) < 4.78 is 189. The average Bonchev–Trinajstić information content (AvgIpc) is 2.97. The van der Waals surface area contributed by atoms with Crippen molar-refractivity contribution in [2.24, 2.45) is 0 Å². The monoisotopic (exact) mass is 716 g/mol. The standard InChI is InChI=1S/C35H17F13O2/c1-2-3-4-5-18-10-24(36)22(25(37)11-18)8-6-19-12-26(38)23(27(39)13-19)9-7-20-14-28(40)32(29(41)15-20)34(44,45)49-21-16-30(42)33(31(43)17-21)50-35(46,47)48/h2-3,10-17H,4-5H2,1H3/b3-2+. The van der Waals surface area contributed by atoms with Crippen LogP contribution >= 0.6 is 0 Å². The van der Waals surface area contributed by atoms with Gasteiger partial charge in [0.1, 0.15) is 46.2 Å². The molecule has 0 aliphatic rings. The molecule has 4 aromatic carbocycles. The van der Waals surface area contributed by atoms with Crippen LogP contribution in [0.3, 0.4) is 0 Å². The molecule has 0 heterocycles. The summed E-state index contributed by atoms with van der Waals surface area (Å²) in [4.78, 5) is 0. The third kappa shape index (κ3) is 9.11. The quantitative estimate of drug-likeness (QED) is 0.108. The number of hydrogen-bond donors (Lipinski definition) is 0. The Labute approximate surface area is 274 Å². The Balaban J connectivity index is 1.56. The molecule has 0 saturated heterocycles. The van der Waals surface area contributed by atoms with E-state index in [1.54, 1.807) is 19.1 Å². The van der Waals surface area contributed by atoms with Crippen molar-refractivity contribution in [2.45, 2.75) is 32.2 Å². The summed E-state index contributed by atoms with van der Waals surface area (Å²) in [6.07, 6.45) is -6.10. The molecule has 2 nitrogen and oxygen atoms in total. The molecule has 260 valence electrons. The third-order valence-corrected chi connectivity index (χ3v) is 6.41. The number of hydrogen-bond acceptors (Lipinski definition) is 2. The minimum Gasteiger partial charge on any atom is -0.429 e. The van der Waals surface area contributed by atoms with E-state index in [2.05, 4.69) is 21.3 Å². The van der Waals surface area contributed by atoms with Gasteiger partial charge in [0.25, 0.3) is 0 Å². The molecule has 4 rings (SSSR count). The zero-order chi connectivity index (χ0) is 37.0. The fraction of sp³-hybridized carbons (Fsp3) is 0.143. The summed E-state index contributed by atoms with van der Waals surface area (Å²) in [5.41, 5.74) is -4.46. The first-order chi connectivity index (χ1) is 23.4. The van der Waals surface area contributed by atoms with Gasteiger partial charge in [-0.25, -0.2) is 35.1 Å². The number of allylic oxidation sites excluding steroid dienone is 2. The van der Waals surface area contributed by atoms with Crippen LogP contribution in [-0.4, -0.2) is 6.36 Å². The average molecular weight is 716 g/mol. The predicted molar refractivity (Wildman–Crippen MR) is 152 cm³/mol. The minimum absolute atomic E-state index is 0.158. The van der Waals surface area contributed by atoms with Crippen molar-refractivity contribution in [3.63, 3.8) is 0 Å². The molecule has 0 saturated carbocycles. The Morgan fingerprint density at radius 2 is 1.00 bits per heavy atom. The van der Waals surface area contributed by atoms with Gasteiger partial charge in [0.15, 0.2) is 11.6 Å². The third-order valence-electron chi connectivity index (χ3n) is 6.41. The van der Waals surface area contributed by atoms with Crippen LogP contribution in [0.15, 0.2) is 60.7 Å². The van der Waals surface area contributed by atoms with Crippen LogP contribution in [0, 0.1) is 70.2 Å². The Kier molecular flexibility index (Phi) is 11.1. The van der Waals surface area contributed by atoms with Gasteiger partial charge in [-0.1, -0.05) is 35.8 Å². The van der Waals surface area contributed by atoms with Gasteiger partial charge >= 0.3 is 12.5 Å². The van der Waals surface area contributed by atoms with Crippen LogP contribution in [0.2, 0.25) is 0 Å². The topological polar surface area (TPSA) is 18.5 Å². The van der Waals surface area contributed by atoms with Gasteiger partial charge in [-0.15, -0.1) is 13.2 Å². The molecule has 0 unspecified atom stereocenters. The van der Waals surface area contributed by atoms with Crippen molar-refractivity contribution in [3.8, 4) is 35.2 Å². The molecule has 0 spiro atoms. The zero-order valence-electron chi connectivity index (χ0n) is 24.9. The molecule has 0 amide bonds. The van der Waals surface area contributed by atoms with E-state index in [9.17, 15) is 57.1 Å². The molecule has 0 aromatic heterocycles. The molecule has 0 fully saturated rings. The summed E-state index contributed by atoms with van der Waals surface area (Å²) >= 11 is 0. The largest absolute Gasteiger partial charge is 0.573 e. The highest BCUT2D eigenvalue weighted by atomic mass is 19.4. The Bertz CT molecular complexity index is 2000. The highest BCUT2D eigenvalue weighted by molar-refractivity contribution is 5.50. The van der Waals surface area contributed by atoms with Crippen LogP contribution in [-0.2, 0) is 12.5 Å². The first-order valence-corrected chi connectivity index (χ1v) is 13.8. The normalized spacial score (nSPS) is 11.6. The lowest BCUT2D eigenvalue weighted by Gasteiger charge is -2.20. The van der Waals surface area contributed by atoms with Crippen molar-refractivity contribution in [3.05, 3.63) is 141 Å². The van der Waals surface area contributed by atoms with Crippen molar-refractivity contribution in [1.29, 1.82) is 0 Å². The zero-order valence-corrected chi connectivity index (χ0v) is 24.9. The van der Waals surface area contributed by atoms with Gasteiger partial charge in [0.2, 0.25) is 5.75 Å². The molecule has 50 heavy (non-hydrogen) atoms. The fourth-order valence-electron chi connectivity index (χ4n) is 4.27. The maximum Gasteiger partial charge on any atom is 0.573 e. The lowest BCUT2D eigenvalue weighted by atomic mass is 10.0. The second-order valence-electron chi connectivity index (χ2n) is 10.1. The maximum atomic E-state index is 14.7. The molecule has 15 heteroatoms. The second-order valence-corrected chi connectivity index (χ2v) is 10.1. The van der Waals surface area contributed by atoms with Crippen LogP contribution < -0.4 is 9.47 Å². The molecule has 0 N–H and O–H groups in total. The molecule has 0 aliphatic heterocycles. The number of benzene rings is 4. The highest BCUT2D eigenvalue weighted by Crippen LogP contribution is 2.38. The van der Waals surface area contributed by atoms with E-state index in [1.807, 2.05) is 11.8 Å². The van der Waals surface area contributed by atoms with E-state index in [-0.39, 0.29) is 29.8 Å². The van der Waals surface area contributed by atoms with Crippen molar-refractivity contribution in [2.75, 3.05) is 0 Å². The fourth-order valence-corrected chi connectivity index (χ4v) is 4.27. The summed E-state index contributed by atoms with van der Waals surface area (Å²) in [5, 5.41) is 0. The molecule has 0 atom stereocenters. The number of ether oxygens (including phenoxy) is 2. The van der Waals surface area contributed by atoms with E-state index in [1.165, 1.54) is 0 Å². The molecular formula is C35H17F13O2. The second kappa shape index (κ2) is 14.9. The van der Waals surface area contributed by atoms with E-state index in [4.69, 9.17) is 0 Å². The number of halogens is 13. The molecule has 4 aromatic rings. The summed E-state index contributed by atoms with van der Waals surface area (Å²) in [6, 6.07) is 3.54. The van der Waals surface area contributed by atoms with Crippen LogP contribution in [0.4, 0.5) is 57.1 Å². The highest BCUT2D eigenvalue weighted by Gasteiger charge is 2.42. The molecule has 0 radical (unpaired) electrons.